The summed E-state index contributed by atoms with van der Waals surface area (Å²) in [5.74, 6) is 1.25. The zero-order valence-corrected chi connectivity index (χ0v) is 10.5. The zero-order valence-electron chi connectivity index (χ0n) is 9.70. The fourth-order valence-electron chi connectivity index (χ4n) is 1.52. The zero-order chi connectivity index (χ0) is 12.5. The normalized spacial score (nSPS) is 11.9. The summed E-state index contributed by atoms with van der Waals surface area (Å²) >= 11 is 5.73. The minimum Gasteiger partial charge on any atom is -0.365 e. The van der Waals surface area contributed by atoms with Gasteiger partial charge in [-0.2, -0.15) is 5.10 Å². The third-order valence-corrected chi connectivity index (χ3v) is 2.68. The van der Waals surface area contributed by atoms with Crippen LogP contribution in [0.2, 0.25) is 0 Å². The van der Waals surface area contributed by atoms with E-state index in [1.54, 1.807) is 6.07 Å². The molecule has 0 atom stereocenters. The van der Waals surface area contributed by atoms with Crippen LogP contribution in [-0.2, 0) is 0 Å². The summed E-state index contributed by atoms with van der Waals surface area (Å²) in [6.07, 6.45) is 2.26. The Morgan fingerprint density at radius 1 is 1.59 bits per heavy atom. The van der Waals surface area contributed by atoms with E-state index >= 15 is 0 Å². The predicted octanol–water partition coefficient (Wildman–Crippen LogP) is 1.24. The monoisotopic (exact) mass is 255 g/mol. The van der Waals surface area contributed by atoms with Crippen molar-refractivity contribution in [1.29, 1.82) is 0 Å². The van der Waals surface area contributed by atoms with Gasteiger partial charge in [-0.05, 0) is 20.3 Å². The minimum atomic E-state index is -0.293. The maximum absolute atomic E-state index is 11.2. The van der Waals surface area contributed by atoms with E-state index in [0.717, 1.165) is 6.42 Å². The van der Waals surface area contributed by atoms with Crippen LogP contribution < -0.4 is 11.0 Å². The Labute approximate surface area is 103 Å². The van der Waals surface area contributed by atoms with Crippen molar-refractivity contribution in [2.75, 3.05) is 11.2 Å². The molecule has 0 bridgehead atoms. The van der Waals surface area contributed by atoms with Crippen molar-refractivity contribution in [2.24, 2.45) is 0 Å². The molecule has 0 aliphatic heterocycles. The van der Waals surface area contributed by atoms with E-state index in [0.29, 0.717) is 17.3 Å². The number of hydrogen-bond donors (Lipinski definition) is 2. The molecule has 0 radical (unpaired) electrons. The first-order valence-electron chi connectivity index (χ1n) is 5.29. The number of hydrogen-bond acceptors (Lipinski definition) is 4. The largest absolute Gasteiger partial charge is 0.365 e. The molecule has 0 fully saturated rings. The molecule has 92 valence electrons. The first-order chi connectivity index (χ1) is 8.02. The first kappa shape index (κ1) is 11.9. The summed E-state index contributed by atoms with van der Waals surface area (Å²) in [4.78, 5) is 15.4. The van der Waals surface area contributed by atoms with E-state index < -0.39 is 0 Å². The lowest BCUT2D eigenvalue weighted by atomic mass is 10.0. The molecule has 2 aromatic rings. The first-order valence-corrected chi connectivity index (χ1v) is 5.82. The number of nitrogens with one attached hydrogen (secondary N) is 2. The van der Waals surface area contributed by atoms with Crippen LogP contribution >= 0.6 is 11.6 Å². The van der Waals surface area contributed by atoms with E-state index in [9.17, 15) is 4.79 Å². The molecule has 0 amide bonds. The molecule has 0 aliphatic carbocycles. The number of fused-ring (bicyclic) bond motifs is 1. The van der Waals surface area contributed by atoms with Gasteiger partial charge in [-0.3, -0.25) is 0 Å². The van der Waals surface area contributed by atoms with Gasteiger partial charge >= 0.3 is 5.69 Å². The summed E-state index contributed by atoms with van der Waals surface area (Å²) in [5, 5.41) is 9.49. The second kappa shape index (κ2) is 4.37. The van der Waals surface area contributed by atoms with E-state index in [1.165, 1.54) is 10.7 Å². The van der Waals surface area contributed by atoms with Crippen LogP contribution in [0.5, 0.6) is 0 Å². The highest BCUT2D eigenvalue weighted by Gasteiger charge is 2.17. The van der Waals surface area contributed by atoms with Gasteiger partial charge < -0.3 is 5.32 Å². The van der Waals surface area contributed by atoms with E-state index in [1.807, 2.05) is 13.8 Å². The Balaban J connectivity index is 2.28. The van der Waals surface area contributed by atoms with Crippen LogP contribution in [0.4, 0.5) is 5.82 Å². The molecule has 0 spiro atoms. The van der Waals surface area contributed by atoms with Crippen molar-refractivity contribution in [3.8, 4) is 0 Å². The summed E-state index contributed by atoms with van der Waals surface area (Å²) in [6, 6.07) is 1.72. The van der Waals surface area contributed by atoms with Crippen molar-refractivity contribution in [3.05, 3.63) is 22.9 Å². The maximum Gasteiger partial charge on any atom is 0.348 e. The Morgan fingerprint density at radius 3 is 3.06 bits per heavy atom. The highest BCUT2D eigenvalue weighted by atomic mass is 35.5. The van der Waals surface area contributed by atoms with Crippen molar-refractivity contribution in [3.63, 3.8) is 0 Å². The summed E-state index contributed by atoms with van der Waals surface area (Å²) < 4.78 is 1.35. The van der Waals surface area contributed by atoms with Gasteiger partial charge in [0.05, 0.1) is 0 Å². The summed E-state index contributed by atoms with van der Waals surface area (Å²) in [6.45, 7) is 4.08. The highest BCUT2D eigenvalue weighted by Crippen LogP contribution is 2.17. The predicted molar refractivity (Wildman–Crippen MR) is 66.6 cm³/mol. The molecule has 7 heteroatoms. The summed E-state index contributed by atoms with van der Waals surface area (Å²) in [7, 11) is 0. The van der Waals surface area contributed by atoms with Crippen LogP contribution in [-0.4, -0.2) is 31.0 Å². The molecule has 0 saturated heterocycles. The second-order valence-corrected chi connectivity index (χ2v) is 4.86. The quantitative estimate of drug-likeness (QED) is 0.806. The Hall–Kier alpha value is -1.56. The van der Waals surface area contributed by atoms with Crippen molar-refractivity contribution < 1.29 is 0 Å². The molecule has 2 aromatic heterocycles. The lowest BCUT2D eigenvalue weighted by Gasteiger charge is -2.25. The number of halogens is 1. The number of alkyl halides is 1. The van der Waals surface area contributed by atoms with Gasteiger partial charge in [0.25, 0.3) is 0 Å². The Morgan fingerprint density at radius 2 is 2.35 bits per heavy atom. The van der Waals surface area contributed by atoms with Crippen LogP contribution in [0, 0.1) is 0 Å². The van der Waals surface area contributed by atoms with E-state index in [-0.39, 0.29) is 11.2 Å². The van der Waals surface area contributed by atoms with Gasteiger partial charge in [0.2, 0.25) is 0 Å². The lowest BCUT2D eigenvalue weighted by molar-refractivity contribution is 0.548. The number of anilines is 1. The van der Waals surface area contributed by atoms with Gasteiger partial charge in [-0.15, -0.1) is 11.6 Å². The molecule has 0 aliphatic rings. The standard InChI is InChI=1S/C10H14ClN5O/c1-10(2,3-4-11)13-7-5-8-14-15-9(17)16(8)6-12-7/h5-6,13H,3-4H2,1-2H3,(H,15,17). The molecule has 2 N–H and O–H groups in total. The fraction of sp³-hybridized carbons (Fsp3) is 0.500. The average Bonchev–Trinajstić information content (AvgIpc) is 2.59. The molecule has 17 heavy (non-hydrogen) atoms. The maximum atomic E-state index is 11.2. The molecule has 0 saturated carbocycles. The number of aromatic amines is 1. The van der Waals surface area contributed by atoms with Crippen molar-refractivity contribution in [1.82, 2.24) is 19.6 Å². The number of H-pyrrole nitrogens is 1. The van der Waals surface area contributed by atoms with Gasteiger partial charge in [0.1, 0.15) is 12.1 Å². The highest BCUT2D eigenvalue weighted by molar-refractivity contribution is 6.17. The molecular formula is C10H14ClN5O. The van der Waals surface area contributed by atoms with Gasteiger partial charge in [0, 0.05) is 17.5 Å². The fourth-order valence-corrected chi connectivity index (χ4v) is 2.00. The number of rotatable bonds is 4. The van der Waals surface area contributed by atoms with Crippen LogP contribution in [0.25, 0.3) is 5.65 Å². The van der Waals surface area contributed by atoms with Gasteiger partial charge in [-0.25, -0.2) is 19.3 Å². The van der Waals surface area contributed by atoms with Crippen molar-refractivity contribution >= 4 is 23.1 Å². The Bertz CT molecular complexity index is 573. The molecule has 0 unspecified atom stereocenters. The average molecular weight is 256 g/mol. The lowest BCUT2D eigenvalue weighted by Crippen LogP contribution is -2.31. The molecule has 2 rings (SSSR count). The smallest absolute Gasteiger partial charge is 0.348 e. The minimum absolute atomic E-state index is 0.149. The van der Waals surface area contributed by atoms with Gasteiger partial charge in [0.15, 0.2) is 5.65 Å². The molecule has 0 aromatic carbocycles. The number of nitrogens with zero attached hydrogens (tertiary/aromatic N) is 3. The SMILES string of the molecule is CC(C)(CCCl)Nc1cc2n[nH]c(=O)n2cn1. The van der Waals surface area contributed by atoms with Gasteiger partial charge in [-0.1, -0.05) is 0 Å². The van der Waals surface area contributed by atoms with E-state index in [4.69, 9.17) is 11.6 Å². The topological polar surface area (TPSA) is 75.1 Å². The van der Waals surface area contributed by atoms with Crippen LogP contribution in [0.15, 0.2) is 17.2 Å². The number of aromatic nitrogens is 4. The van der Waals surface area contributed by atoms with Crippen LogP contribution in [0.3, 0.4) is 0 Å². The third kappa shape index (κ3) is 2.58. The molecule has 6 nitrogen and oxygen atoms in total. The Kier molecular flexibility index (Phi) is 3.06. The third-order valence-electron chi connectivity index (χ3n) is 2.50. The molecular weight excluding hydrogens is 242 g/mol. The van der Waals surface area contributed by atoms with Crippen LogP contribution in [0.1, 0.15) is 20.3 Å². The van der Waals surface area contributed by atoms with Crippen molar-refractivity contribution in [2.45, 2.75) is 25.8 Å². The van der Waals surface area contributed by atoms with E-state index in [2.05, 4.69) is 20.5 Å². The second-order valence-electron chi connectivity index (χ2n) is 4.48. The summed E-state index contributed by atoms with van der Waals surface area (Å²) in [5.41, 5.74) is 0.0946. The molecule has 2 heterocycles.